The van der Waals surface area contributed by atoms with Gasteiger partial charge in [-0.3, -0.25) is 4.55 Å². The van der Waals surface area contributed by atoms with Gasteiger partial charge in [0.25, 0.3) is 0 Å². The number of halogens is 2. The van der Waals surface area contributed by atoms with Crippen molar-refractivity contribution in [1.29, 1.82) is 0 Å². The van der Waals surface area contributed by atoms with Gasteiger partial charge in [0.15, 0.2) is 5.60 Å². The van der Waals surface area contributed by atoms with E-state index in [4.69, 9.17) is 0 Å². The number of hydrogen-bond acceptors (Lipinski definition) is 3. The molecule has 7 rings (SSSR count). The monoisotopic (exact) mass is 440 g/mol. The van der Waals surface area contributed by atoms with Crippen LogP contribution in [0.2, 0.25) is 0 Å². The predicted molar refractivity (Wildman–Crippen MR) is 105 cm³/mol. The molecule has 4 nitrogen and oxygen atoms in total. The summed E-state index contributed by atoms with van der Waals surface area (Å²) < 4.78 is 66.1. The van der Waals surface area contributed by atoms with E-state index in [0.717, 1.165) is 44.1 Å². The molecule has 10 atom stereocenters. The molecule has 0 aliphatic heterocycles. The van der Waals surface area contributed by atoms with Crippen LogP contribution in [0.3, 0.4) is 0 Å². The van der Waals surface area contributed by atoms with Crippen LogP contribution in [0, 0.1) is 51.8 Å². The fraction of sp³-hybridized carbons (Fsp3) is 0.913. The zero-order chi connectivity index (χ0) is 21.1. The molecule has 0 saturated heterocycles. The molecule has 7 heteroatoms. The predicted octanol–water partition coefficient (Wildman–Crippen LogP) is 4.41. The van der Waals surface area contributed by atoms with Gasteiger partial charge < -0.3 is 5.11 Å². The molecule has 30 heavy (non-hydrogen) atoms. The lowest BCUT2D eigenvalue weighted by Gasteiger charge is -2.78. The van der Waals surface area contributed by atoms with E-state index in [1.165, 1.54) is 0 Å². The Kier molecular flexibility index (Phi) is 3.08. The molecule has 2 N–H and O–H groups in total. The molecular formula is C23H30F2O4S. The Hall–Kier alpha value is -0.530. The maximum Gasteiger partial charge on any atom is 0.399 e. The lowest BCUT2D eigenvalue weighted by atomic mass is 9.27. The van der Waals surface area contributed by atoms with Crippen LogP contribution in [0.1, 0.15) is 64.7 Å². The molecule has 0 heterocycles. The minimum Gasteiger partial charge on any atom is -0.381 e. The first kappa shape index (κ1) is 19.0. The fourth-order valence-electron chi connectivity index (χ4n) is 11.0. The molecule has 4 bridgehead atoms. The molecule has 1 spiro atoms. The summed E-state index contributed by atoms with van der Waals surface area (Å²) >= 11 is 0. The molecule has 166 valence electrons. The largest absolute Gasteiger partial charge is 0.399 e. The molecule has 10 unspecified atom stereocenters. The van der Waals surface area contributed by atoms with Gasteiger partial charge in [-0.2, -0.15) is 17.2 Å². The van der Waals surface area contributed by atoms with E-state index in [1.54, 1.807) is 6.92 Å². The van der Waals surface area contributed by atoms with Crippen molar-refractivity contribution in [3.05, 3.63) is 11.6 Å². The van der Waals surface area contributed by atoms with Crippen LogP contribution >= 0.6 is 0 Å². The van der Waals surface area contributed by atoms with Crippen LogP contribution in [-0.2, 0) is 10.1 Å². The lowest BCUT2D eigenvalue weighted by molar-refractivity contribution is -0.370. The second kappa shape index (κ2) is 4.86. The fourth-order valence-corrected chi connectivity index (χ4v) is 11.8. The molecule has 7 aliphatic carbocycles. The number of alkyl halides is 2. The van der Waals surface area contributed by atoms with Gasteiger partial charge in [0, 0.05) is 10.8 Å². The Labute approximate surface area is 176 Å². The maximum absolute atomic E-state index is 16.0. The van der Waals surface area contributed by atoms with E-state index >= 15 is 8.78 Å². The SMILES string of the molecule is CC1(C(O)(C23CC4CC5CC(C2)C53C4)C(F)(F)S(=O)(=O)O)C=C2CC3CC(CC23)C1. The van der Waals surface area contributed by atoms with Gasteiger partial charge in [-0.25, -0.2) is 0 Å². The first-order valence-electron chi connectivity index (χ1n) is 11.7. The van der Waals surface area contributed by atoms with E-state index in [2.05, 4.69) is 0 Å². The smallest absolute Gasteiger partial charge is 0.381 e. The van der Waals surface area contributed by atoms with Crippen LogP contribution in [0.5, 0.6) is 0 Å². The Morgan fingerprint density at radius 3 is 2.47 bits per heavy atom. The van der Waals surface area contributed by atoms with Gasteiger partial charge >= 0.3 is 15.4 Å². The van der Waals surface area contributed by atoms with Gasteiger partial charge in [0.05, 0.1) is 0 Å². The normalized spacial score (nSPS) is 56.8. The van der Waals surface area contributed by atoms with Crippen molar-refractivity contribution in [3.8, 4) is 0 Å². The van der Waals surface area contributed by atoms with Crippen LogP contribution in [0.25, 0.3) is 0 Å². The molecular weight excluding hydrogens is 410 g/mol. The van der Waals surface area contributed by atoms with Crippen molar-refractivity contribution in [3.63, 3.8) is 0 Å². The number of allylic oxidation sites excluding steroid dienone is 1. The van der Waals surface area contributed by atoms with Crippen molar-refractivity contribution < 1.29 is 26.9 Å². The summed E-state index contributed by atoms with van der Waals surface area (Å²) in [5.74, 6) is 2.21. The second-order valence-electron chi connectivity index (χ2n) is 12.4. The van der Waals surface area contributed by atoms with Crippen LogP contribution < -0.4 is 0 Å². The molecule has 7 aliphatic rings. The number of aliphatic hydroxyl groups is 1. The highest BCUT2D eigenvalue weighted by molar-refractivity contribution is 7.87. The first-order chi connectivity index (χ1) is 13.9. The van der Waals surface area contributed by atoms with E-state index < -0.39 is 31.8 Å². The Morgan fingerprint density at radius 2 is 1.80 bits per heavy atom. The van der Waals surface area contributed by atoms with Gasteiger partial charge in [-0.05, 0) is 98.7 Å². The third kappa shape index (κ3) is 1.61. The highest BCUT2D eigenvalue weighted by Crippen LogP contribution is 2.91. The number of fused-ring (bicyclic) bond motifs is 2. The molecule has 6 saturated carbocycles. The van der Waals surface area contributed by atoms with Crippen molar-refractivity contribution in [2.24, 2.45) is 51.8 Å². The molecule has 0 aromatic heterocycles. The van der Waals surface area contributed by atoms with Crippen LogP contribution in [0.4, 0.5) is 8.78 Å². The average molecular weight is 441 g/mol. The molecule has 0 amide bonds. The number of hydrogen-bond donors (Lipinski definition) is 2. The highest BCUT2D eigenvalue weighted by atomic mass is 32.2. The minimum atomic E-state index is -5.78. The summed E-state index contributed by atoms with van der Waals surface area (Å²) in [4.78, 5) is 0. The lowest BCUT2D eigenvalue weighted by Crippen LogP contribution is -2.82. The Bertz CT molecular complexity index is 1010. The average Bonchev–Trinajstić information content (AvgIpc) is 3.18. The Balaban J connectivity index is 1.47. The van der Waals surface area contributed by atoms with E-state index in [0.29, 0.717) is 42.9 Å². The van der Waals surface area contributed by atoms with Crippen LogP contribution in [-0.4, -0.2) is 28.9 Å². The Morgan fingerprint density at radius 1 is 1.03 bits per heavy atom. The van der Waals surface area contributed by atoms with Gasteiger partial charge in [-0.1, -0.05) is 18.6 Å². The third-order valence-corrected chi connectivity index (χ3v) is 12.6. The number of rotatable bonds is 4. The van der Waals surface area contributed by atoms with E-state index in [-0.39, 0.29) is 17.3 Å². The molecule has 0 radical (unpaired) electrons. The summed E-state index contributed by atoms with van der Waals surface area (Å²) in [6.07, 6.45) is 8.89. The zero-order valence-electron chi connectivity index (χ0n) is 17.3. The topological polar surface area (TPSA) is 74.6 Å². The maximum atomic E-state index is 16.0. The van der Waals surface area contributed by atoms with Crippen LogP contribution in [0.15, 0.2) is 11.6 Å². The van der Waals surface area contributed by atoms with Gasteiger partial charge in [0.2, 0.25) is 0 Å². The summed E-state index contributed by atoms with van der Waals surface area (Å²) in [6, 6.07) is 0. The van der Waals surface area contributed by atoms with Crippen molar-refractivity contribution >= 4 is 10.1 Å². The first-order valence-corrected chi connectivity index (χ1v) is 13.1. The minimum absolute atomic E-state index is 0.227. The summed E-state index contributed by atoms with van der Waals surface area (Å²) in [7, 11) is -5.78. The third-order valence-electron chi connectivity index (χ3n) is 11.6. The van der Waals surface area contributed by atoms with Crippen molar-refractivity contribution in [2.45, 2.75) is 75.6 Å². The second-order valence-corrected chi connectivity index (χ2v) is 13.9. The standard InChI is InChI=1S/C23H30F2O4S/c1-19(7-12-2-14-5-15(10-19)18(14)4-12)22(26,23(24,25)30(27,28)29)20-8-13-3-16-6-17(11-20)21(16,20)9-13/h10,12-14,16-18,26H,2-9,11H2,1H3,(H,27,28,29). The van der Waals surface area contributed by atoms with E-state index in [1.807, 2.05) is 6.08 Å². The van der Waals surface area contributed by atoms with Gasteiger partial charge in [-0.15, -0.1) is 0 Å². The summed E-state index contributed by atoms with van der Waals surface area (Å²) in [5.41, 5.74) is -4.49. The molecule has 0 aromatic rings. The summed E-state index contributed by atoms with van der Waals surface area (Å²) in [5, 5.41) is 7.75. The quantitative estimate of drug-likeness (QED) is 0.502. The molecule has 6 fully saturated rings. The zero-order valence-corrected chi connectivity index (χ0v) is 18.1. The van der Waals surface area contributed by atoms with Gasteiger partial charge in [0.1, 0.15) is 0 Å². The summed E-state index contributed by atoms with van der Waals surface area (Å²) in [6.45, 7) is 1.67. The highest BCUT2D eigenvalue weighted by Gasteiger charge is 2.91. The van der Waals surface area contributed by atoms with Crippen molar-refractivity contribution in [2.75, 3.05) is 0 Å². The van der Waals surface area contributed by atoms with E-state index in [9.17, 15) is 18.1 Å². The van der Waals surface area contributed by atoms with Crippen molar-refractivity contribution in [1.82, 2.24) is 0 Å². The molecule has 0 aromatic carbocycles.